The molecule has 0 bridgehead atoms. The highest BCUT2D eigenvalue weighted by atomic mass is 32.1. The van der Waals surface area contributed by atoms with Crippen LogP contribution in [0.2, 0.25) is 0 Å². The normalized spacial score (nSPS) is 10.8. The minimum Gasteiger partial charge on any atom is -0.492 e. The third-order valence-electron chi connectivity index (χ3n) is 5.36. The van der Waals surface area contributed by atoms with Gasteiger partial charge >= 0.3 is 12.1 Å². The Bertz CT molecular complexity index is 1310. The molecule has 198 valence electrons. The molecular formula is C28H28FN3O5S. The van der Waals surface area contributed by atoms with Crippen LogP contribution in [0.4, 0.5) is 9.18 Å². The number of thiazole rings is 1. The number of amides is 1. The van der Waals surface area contributed by atoms with E-state index in [1.54, 1.807) is 30.4 Å². The van der Waals surface area contributed by atoms with Crippen molar-refractivity contribution in [1.29, 1.82) is 0 Å². The van der Waals surface area contributed by atoms with Crippen LogP contribution in [0.5, 0.6) is 11.5 Å². The summed E-state index contributed by atoms with van der Waals surface area (Å²) in [6, 6.07) is 20.4. The summed E-state index contributed by atoms with van der Waals surface area (Å²) in [6.07, 6.45) is -0.746. The molecule has 4 rings (SSSR count). The molecule has 0 aliphatic heterocycles. The van der Waals surface area contributed by atoms with Crippen molar-refractivity contribution in [2.45, 2.75) is 20.0 Å². The fourth-order valence-electron chi connectivity index (χ4n) is 3.56. The summed E-state index contributed by atoms with van der Waals surface area (Å²) in [5, 5.41) is 4.36. The molecule has 8 nitrogen and oxygen atoms in total. The number of fused-ring (bicyclic) bond motifs is 1. The number of carbonyl (C=O) groups is 2. The zero-order valence-electron chi connectivity index (χ0n) is 20.9. The molecule has 0 radical (unpaired) electrons. The van der Waals surface area contributed by atoms with Crippen molar-refractivity contribution in [3.05, 3.63) is 89.2 Å². The predicted octanol–water partition coefficient (Wildman–Crippen LogP) is 5.17. The second-order valence-electron chi connectivity index (χ2n) is 8.23. The average Bonchev–Trinajstić information content (AvgIpc) is 3.33. The molecule has 0 atom stereocenters. The molecule has 0 spiro atoms. The summed E-state index contributed by atoms with van der Waals surface area (Å²) in [5.74, 6) is -0.145. The monoisotopic (exact) mass is 537 g/mol. The average molecular weight is 538 g/mol. The molecule has 4 aromatic rings. The lowest BCUT2D eigenvalue weighted by molar-refractivity contribution is -0.144. The fourth-order valence-corrected chi connectivity index (χ4v) is 4.50. The molecule has 0 saturated carbocycles. The van der Waals surface area contributed by atoms with Gasteiger partial charge in [0.2, 0.25) is 0 Å². The second-order valence-corrected chi connectivity index (χ2v) is 9.34. The van der Waals surface area contributed by atoms with Gasteiger partial charge in [0.05, 0.1) is 16.8 Å². The van der Waals surface area contributed by atoms with Crippen LogP contribution in [0.1, 0.15) is 17.5 Å². The molecule has 0 aliphatic carbocycles. The third-order valence-corrected chi connectivity index (χ3v) is 6.40. The van der Waals surface area contributed by atoms with Crippen LogP contribution in [-0.4, -0.2) is 48.2 Å². The standard InChI is InChI=1S/C28H28FN3O5S/c1-2-35-27(33)19-32(28(34)37-23-13-9-21(29)10-14-23)18-20-7-11-22(12-8-20)36-16-15-30-17-26-31-24-5-3-4-6-25(24)38-26/h3-14,30H,2,15-19H2,1H3. The van der Waals surface area contributed by atoms with Gasteiger partial charge in [0.25, 0.3) is 0 Å². The van der Waals surface area contributed by atoms with Gasteiger partial charge < -0.3 is 19.5 Å². The maximum atomic E-state index is 13.2. The van der Waals surface area contributed by atoms with Crippen molar-refractivity contribution in [2.75, 3.05) is 26.3 Å². The van der Waals surface area contributed by atoms with E-state index in [2.05, 4.69) is 16.4 Å². The summed E-state index contributed by atoms with van der Waals surface area (Å²) < 4.78 is 30.4. The molecule has 38 heavy (non-hydrogen) atoms. The zero-order valence-corrected chi connectivity index (χ0v) is 21.7. The van der Waals surface area contributed by atoms with E-state index in [0.29, 0.717) is 25.4 Å². The van der Waals surface area contributed by atoms with Crippen LogP contribution in [0.25, 0.3) is 10.2 Å². The Morgan fingerprint density at radius 1 is 1.00 bits per heavy atom. The van der Waals surface area contributed by atoms with E-state index in [1.165, 1.54) is 33.9 Å². The highest BCUT2D eigenvalue weighted by molar-refractivity contribution is 7.18. The number of carbonyl (C=O) groups excluding carboxylic acids is 2. The number of hydrogen-bond acceptors (Lipinski definition) is 8. The zero-order chi connectivity index (χ0) is 26.7. The van der Waals surface area contributed by atoms with Gasteiger partial charge in [-0.3, -0.25) is 9.69 Å². The maximum Gasteiger partial charge on any atom is 0.416 e. The summed E-state index contributed by atoms with van der Waals surface area (Å²) in [5.41, 5.74) is 1.78. The lowest BCUT2D eigenvalue weighted by Gasteiger charge is -2.21. The van der Waals surface area contributed by atoms with Crippen molar-refractivity contribution in [3.63, 3.8) is 0 Å². The Balaban J connectivity index is 1.26. The van der Waals surface area contributed by atoms with Gasteiger partial charge in [0, 0.05) is 19.6 Å². The topological polar surface area (TPSA) is 90.0 Å². The molecule has 1 aromatic heterocycles. The largest absolute Gasteiger partial charge is 0.492 e. The molecule has 1 amide bonds. The van der Waals surface area contributed by atoms with Gasteiger partial charge in [0.1, 0.15) is 35.5 Å². The van der Waals surface area contributed by atoms with Crippen LogP contribution >= 0.6 is 11.3 Å². The lowest BCUT2D eigenvalue weighted by Crippen LogP contribution is -2.38. The first-order chi connectivity index (χ1) is 18.5. The molecule has 1 N–H and O–H groups in total. The minimum absolute atomic E-state index is 0.114. The SMILES string of the molecule is CCOC(=O)CN(Cc1ccc(OCCNCc2nc3ccccc3s2)cc1)C(=O)Oc1ccc(F)cc1. The Morgan fingerprint density at radius 3 is 2.47 bits per heavy atom. The summed E-state index contributed by atoms with van der Waals surface area (Å²) >= 11 is 1.67. The third kappa shape index (κ3) is 7.99. The molecular weight excluding hydrogens is 509 g/mol. The smallest absolute Gasteiger partial charge is 0.416 e. The Kier molecular flexibility index (Phi) is 9.60. The van der Waals surface area contributed by atoms with E-state index in [4.69, 9.17) is 14.2 Å². The Morgan fingerprint density at radius 2 is 1.74 bits per heavy atom. The van der Waals surface area contributed by atoms with Crippen molar-refractivity contribution in [3.8, 4) is 11.5 Å². The highest BCUT2D eigenvalue weighted by Crippen LogP contribution is 2.21. The quantitative estimate of drug-likeness (QED) is 0.197. The highest BCUT2D eigenvalue weighted by Gasteiger charge is 2.21. The van der Waals surface area contributed by atoms with E-state index >= 15 is 0 Å². The van der Waals surface area contributed by atoms with Gasteiger partial charge in [-0.05, 0) is 61.0 Å². The number of aromatic nitrogens is 1. The molecule has 1 heterocycles. The predicted molar refractivity (Wildman–Crippen MR) is 143 cm³/mol. The molecule has 10 heteroatoms. The van der Waals surface area contributed by atoms with Crippen LogP contribution in [0.3, 0.4) is 0 Å². The van der Waals surface area contributed by atoms with Crippen LogP contribution in [0.15, 0.2) is 72.8 Å². The van der Waals surface area contributed by atoms with Gasteiger partial charge in [-0.15, -0.1) is 11.3 Å². The fraction of sp³-hybridized carbons (Fsp3) is 0.250. The second kappa shape index (κ2) is 13.5. The summed E-state index contributed by atoms with van der Waals surface area (Å²) in [7, 11) is 0. The van der Waals surface area contributed by atoms with E-state index in [9.17, 15) is 14.0 Å². The number of hydrogen-bond donors (Lipinski definition) is 1. The molecule has 3 aromatic carbocycles. The van der Waals surface area contributed by atoms with Gasteiger partial charge in [0.15, 0.2) is 0 Å². The van der Waals surface area contributed by atoms with Crippen LogP contribution in [0, 0.1) is 5.82 Å². The van der Waals surface area contributed by atoms with Gasteiger partial charge in [-0.25, -0.2) is 14.2 Å². The van der Waals surface area contributed by atoms with Crippen molar-refractivity contribution in [1.82, 2.24) is 15.2 Å². The van der Waals surface area contributed by atoms with Crippen LogP contribution in [-0.2, 0) is 22.6 Å². The number of ether oxygens (including phenoxy) is 3. The number of nitrogens with zero attached hydrogens (tertiary/aromatic N) is 2. The minimum atomic E-state index is -0.746. The first-order valence-electron chi connectivity index (χ1n) is 12.1. The van der Waals surface area contributed by atoms with E-state index in [-0.39, 0.29) is 25.4 Å². The van der Waals surface area contributed by atoms with Crippen LogP contribution < -0.4 is 14.8 Å². The van der Waals surface area contributed by atoms with E-state index in [0.717, 1.165) is 16.1 Å². The lowest BCUT2D eigenvalue weighted by atomic mass is 10.2. The number of halogens is 1. The first kappa shape index (κ1) is 27.0. The number of para-hydroxylation sites is 1. The summed E-state index contributed by atoms with van der Waals surface area (Å²) in [6.45, 7) is 3.51. The van der Waals surface area contributed by atoms with Crippen molar-refractivity contribution in [2.24, 2.45) is 0 Å². The Labute approximate surface area is 224 Å². The maximum absolute atomic E-state index is 13.2. The molecule has 0 unspecified atom stereocenters. The van der Waals surface area contributed by atoms with Gasteiger partial charge in [-0.2, -0.15) is 0 Å². The molecule has 0 aliphatic rings. The number of nitrogens with one attached hydrogen (secondary N) is 1. The van der Waals surface area contributed by atoms with E-state index in [1.807, 2.05) is 30.3 Å². The number of esters is 1. The molecule has 0 saturated heterocycles. The van der Waals surface area contributed by atoms with Crippen molar-refractivity contribution >= 4 is 33.6 Å². The number of benzene rings is 3. The number of rotatable bonds is 12. The van der Waals surface area contributed by atoms with Gasteiger partial charge in [-0.1, -0.05) is 24.3 Å². The van der Waals surface area contributed by atoms with Crippen molar-refractivity contribution < 1.29 is 28.2 Å². The summed E-state index contributed by atoms with van der Waals surface area (Å²) in [4.78, 5) is 30.6. The molecule has 0 fully saturated rings. The first-order valence-corrected chi connectivity index (χ1v) is 13.0. The van der Waals surface area contributed by atoms with E-state index < -0.39 is 17.9 Å². The Hall–Kier alpha value is -4.02.